The van der Waals surface area contributed by atoms with E-state index in [-0.39, 0.29) is 0 Å². The van der Waals surface area contributed by atoms with Crippen LogP contribution in [0.3, 0.4) is 0 Å². The quantitative estimate of drug-likeness (QED) is 0.847. The van der Waals surface area contributed by atoms with E-state index in [2.05, 4.69) is 5.32 Å². The molecule has 1 atom stereocenters. The van der Waals surface area contributed by atoms with Crippen LogP contribution < -0.4 is 5.32 Å². The van der Waals surface area contributed by atoms with E-state index in [4.69, 9.17) is 4.74 Å². The first-order valence-electron chi connectivity index (χ1n) is 7.37. The molecular formula is C18H21NO3S. The highest BCUT2D eigenvalue weighted by molar-refractivity contribution is 7.15. The summed E-state index contributed by atoms with van der Waals surface area (Å²) in [5, 5.41) is 2.66. The van der Waals surface area contributed by atoms with Crippen LogP contribution in [0.1, 0.15) is 32.6 Å². The third kappa shape index (κ3) is 4.42. The van der Waals surface area contributed by atoms with E-state index in [1.54, 1.807) is 27.7 Å². The number of aldehydes is 1. The molecule has 1 unspecified atom stereocenters. The molecule has 1 amide bonds. The molecule has 2 rings (SSSR count). The van der Waals surface area contributed by atoms with Gasteiger partial charge in [-0.2, -0.15) is 0 Å². The van der Waals surface area contributed by atoms with Gasteiger partial charge in [-0.25, -0.2) is 4.79 Å². The van der Waals surface area contributed by atoms with Crippen molar-refractivity contribution in [2.24, 2.45) is 0 Å². The monoisotopic (exact) mass is 331 g/mol. The third-order valence-corrected chi connectivity index (χ3v) is 4.54. The molecule has 1 heterocycles. The fraction of sp³-hybridized carbons (Fsp3) is 0.333. The topological polar surface area (TPSA) is 55.4 Å². The normalized spacial score (nSPS) is 13.9. The van der Waals surface area contributed by atoms with Gasteiger partial charge in [0.25, 0.3) is 0 Å². The Balaban J connectivity index is 2.22. The zero-order valence-electron chi connectivity index (χ0n) is 13.8. The molecule has 0 saturated carbocycles. The molecule has 122 valence electrons. The number of hydrogen-bond acceptors (Lipinski definition) is 4. The number of rotatable bonds is 4. The van der Waals surface area contributed by atoms with Crippen molar-refractivity contribution in [1.82, 2.24) is 5.32 Å². The lowest BCUT2D eigenvalue weighted by atomic mass is 10.0. The number of carbonyl (C=O) groups excluding carboxylic acids is 2. The number of carbonyl (C=O) groups is 2. The van der Waals surface area contributed by atoms with E-state index in [0.29, 0.717) is 0 Å². The Morgan fingerprint density at radius 3 is 2.30 bits per heavy atom. The lowest BCUT2D eigenvalue weighted by molar-refractivity contribution is -0.113. The van der Waals surface area contributed by atoms with Crippen LogP contribution in [0.25, 0.3) is 10.4 Å². The predicted molar refractivity (Wildman–Crippen MR) is 92.5 cm³/mol. The molecule has 0 spiro atoms. The van der Waals surface area contributed by atoms with E-state index in [1.165, 1.54) is 11.3 Å². The second-order valence-corrected chi connectivity index (χ2v) is 7.56. The first kappa shape index (κ1) is 17.2. The largest absolute Gasteiger partial charge is 0.444 e. The minimum absolute atomic E-state index is 0.609. The number of nitrogens with one attached hydrogen (secondary N) is 1. The fourth-order valence-corrected chi connectivity index (χ4v) is 3.11. The van der Waals surface area contributed by atoms with Gasteiger partial charge in [0.15, 0.2) is 6.29 Å². The van der Waals surface area contributed by atoms with Gasteiger partial charge in [-0.3, -0.25) is 0 Å². The Hall–Kier alpha value is -2.14. The maximum Gasteiger partial charge on any atom is 0.408 e. The molecule has 0 saturated heterocycles. The van der Waals surface area contributed by atoms with Crippen LogP contribution in [0.15, 0.2) is 42.5 Å². The van der Waals surface area contributed by atoms with E-state index in [0.717, 1.165) is 21.6 Å². The molecule has 5 heteroatoms. The smallest absolute Gasteiger partial charge is 0.408 e. The summed E-state index contributed by atoms with van der Waals surface area (Å²) in [5.41, 5.74) is -0.646. The summed E-state index contributed by atoms with van der Waals surface area (Å²) < 4.78 is 5.24. The van der Waals surface area contributed by atoms with Crippen molar-refractivity contribution in [3.05, 3.63) is 47.3 Å². The minimum Gasteiger partial charge on any atom is -0.444 e. The van der Waals surface area contributed by atoms with Crippen LogP contribution in [0.5, 0.6) is 0 Å². The first-order valence-corrected chi connectivity index (χ1v) is 8.18. The number of benzene rings is 1. The zero-order valence-corrected chi connectivity index (χ0v) is 14.6. The van der Waals surface area contributed by atoms with E-state index in [9.17, 15) is 9.59 Å². The number of amides is 1. The molecule has 1 aromatic carbocycles. The van der Waals surface area contributed by atoms with Gasteiger partial charge in [0, 0.05) is 9.75 Å². The molecule has 23 heavy (non-hydrogen) atoms. The van der Waals surface area contributed by atoms with Gasteiger partial charge in [0.2, 0.25) is 0 Å². The fourth-order valence-electron chi connectivity index (χ4n) is 2.04. The Kier molecular flexibility index (Phi) is 4.90. The van der Waals surface area contributed by atoms with Gasteiger partial charge in [-0.05, 0) is 45.4 Å². The van der Waals surface area contributed by atoms with Crippen LogP contribution in [0.2, 0.25) is 0 Å². The molecule has 0 aliphatic carbocycles. The Bertz CT molecular complexity index is 688. The zero-order chi connectivity index (χ0) is 17.1. The standard InChI is InChI=1S/C18H21NO3S/c1-17(2,3)22-16(21)19-18(4,12-20)15-11-10-14(23-15)13-8-6-5-7-9-13/h5-12H,1-4H3,(H,19,21). The third-order valence-electron chi connectivity index (χ3n) is 3.17. The van der Waals surface area contributed by atoms with Crippen LogP contribution in [0.4, 0.5) is 4.79 Å². The average Bonchev–Trinajstić information content (AvgIpc) is 2.96. The minimum atomic E-state index is -1.11. The summed E-state index contributed by atoms with van der Waals surface area (Å²) in [6.45, 7) is 7.01. The second kappa shape index (κ2) is 6.54. The highest BCUT2D eigenvalue weighted by atomic mass is 32.1. The van der Waals surface area contributed by atoms with Crippen molar-refractivity contribution in [3.63, 3.8) is 0 Å². The predicted octanol–water partition coefficient (Wildman–Crippen LogP) is 4.35. The highest BCUT2D eigenvalue weighted by Gasteiger charge is 2.32. The number of alkyl carbamates (subject to hydrolysis) is 1. The van der Waals surface area contributed by atoms with Crippen molar-refractivity contribution in [2.45, 2.75) is 38.8 Å². The molecule has 4 nitrogen and oxygen atoms in total. The second-order valence-electron chi connectivity index (χ2n) is 6.48. The molecule has 0 bridgehead atoms. The molecule has 0 radical (unpaired) electrons. The van der Waals surface area contributed by atoms with Crippen molar-refractivity contribution in [3.8, 4) is 10.4 Å². The summed E-state index contributed by atoms with van der Waals surface area (Å²) in [4.78, 5) is 25.4. The molecule has 0 fully saturated rings. The van der Waals surface area contributed by atoms with Crippen molar-refractivity contribution in [2.75, 3.05) is 0 Å². The summed E-state index contributed by atoms with van der Waals surface area (Å²) in [6.07, 6.45) is 0.124. The van der Waals surface area contributed by atoms with Crippen molar-refractivity contribution in [1.29, 1.82) is 0 Å². The van der Waals surface area contributed by atoms with Crippen molar-refractivity contribution >= 4 is 23.7 Å². The van der Waals surface area contributed by atoms with Crippen LogP contribution >= 0.6 is 11.3 Å². The van der Waals surface area contributed by atoms with Gasteiger partial charge >= 0.3 is 6.09 Å². The Morgan fingerprint density at radius 2 is 1.74 bits per heavy atom. The number of hydrogen-bond donors (Lipinski definition) is 1. The summed E-state index contributed by atoms with van der Waals surface area (Å²) in [7, 11) is 0. The Morgan fingerprint density at radius 1 is 1.09 bits per heavy atom. The molecule has 2 aromatic rings. The number of ether oxygens (including phenoxy) is 1. The maximum atomic E-state index is 12.0. The molecular weight excluding hydrogens is 310 g/mol. The van der Waals surface area contributed by atoms with Crippen LogP contribution in [0, 0.1) is 0 Å². The van der Waals surface area contributed by atoms with E-state index < -0.39 is 17.2 Å². The van der Waals surface area contributed by atoms with Gasteiger partial charge < -0.3 is 14.8 Å². The summed E-state index contributed by atoms with van der Waals surface area (Å²) in [5.74, 6) is 0. The van der Waals surface area contributed by atoms with E-state index in [1.807, 2.05) is 42.5 Å². The summed E-state index contributed by atoms with van der Waals surface area (Å²) in [6, 6.07) is 13.7. The average molecular weight is 331 g/mol. The van der Waals surface area contributed by atoms with Gasteiger partial charge in [-0.15, -0.1) is 11.3 Å². The molecule has 0 aliphatic rings. The molecule has 0 aliphatic heterocycles. The lowest BCUT2D eigenvalue weighted by Gasteiger charge is -2.26. The van der Waals surface area contributed by atoms with Crippen LogP contribution in [-0.2, 0) is 15.1 Å². The lowest BCUT2D eigenvalue weighted by Crippen LogP contribution is -2.46. The highest BCUT2D eigenvalue weighted by Crippen LogP contribution is 2.33. The van der Waals surface area contributed by atoms with Gasteiger partial charge in [0.05, 0.1) is 0 Å². The molecule has 1 N–H and O–H groups in total. The van der Waals surface area contributed by atoms with Crippen molar-refractivity contribution < 1.29 is 14.3 Å². The van der Waals surface area contributed by atoms with Gasteiger partial charge in [0.1, 0.15) is 11.1 Å². The van der Waals surface area contributed by atoms with E-state index >= 15 is 0 Å². The summed E-state index contributed by atoms with van der Waals surface area (Å²) >= 11 is 1.48. The number of thiophene rings is 1. The first-order chi connectivity index (χ1) is 10.7. The SMILES string of the molecule is CC(C)(C)OC(=O)NC(C)(C=O)c1ccc(-c2ccccc2)s1. The van der Waals surface area contributed by atoms with Crippen LogP contribution in [-0.4, -0.2) is 18.0 Å². The molecule has 1 aromatic heterocycles. The van der Waals surface area contributed by atoms with Gasteiger partial charge in [-0.1, -0.05) is 30.3 Å². The Labute approximate surface area is 140 Å². The maximum absolute atomic E-state index is 12.0.